The van der Waals surface area contributed by atoms with E-state index in [1.807, 2.05) is 0 Å². The van der Waals surface area contributed by atoms with Gasteiger partial charge in [0, 0.05) is 31.7 Å². The van der Waals surface area contributed by atoms with Gasteiger partial charge in [0.05, 0.1) is 0 Å². The van der Waals surface area contributed by atoms with E-state index in [0.29, 0.717) is 0 Å². The molecule has 0 bridgehead atoms. The maximum atomic E-state index is 3.47. The van der Waals surface area contributed by atoms with Gasteiger partial charge < -0.3 is 5.32 Å². The number of aryl methyl sites for hydroxylation is 1. The van der Waals surface area contributed by atoms with Gasteiger partial charge in [0.25, 0.3) is 0 Å². The van der Waals surface area contributed by atoms with Crippen LogP contribution < -0.4 is 5.32 Å². The highest BCUT2D eigenvalue weighted by Crippen LogP contribution is 2.19. The quantitative estimate of drug-likeness (QED) is 0.861. The van der Waals surface area contributed by atoms with Crippen LogP contribution in [0.4, 0.5) is 0 Å². The molecule has 0 amide bonds. The van der Waals surface area contributed by atoms with E-state index in [1.165, 1.54) is 11.1 Å². The van der Waals surface area contributed by atoms with Gasteiger partial charge in [-0.25, -0.2) is 0 Å². The van der Waals surface area contributed by atoms with Gasteiger partial charge in [0.15, 0.2) is 0 Å². The first-order valence-electron chi connectivity index (χ1n) is 6.65. The highest BCUT2D eigenvalue weighted by molar-refractivity contribution is 5.22. The Morgan fingerprint density at radius 3 is 2.41 bits per heavy atom. The predicted molar refractivity (Wildman–Crippen MR) is 73.2 cm³/mol. The van der Waals surface area contributed by atoms with Crippen LogP contribution in [0.25, 0.3) is 0 Å². The fourth-order valence-electron chi connectivity index (χ4n) is 2.42. The summed E-state index contributed by atoms with van der Waals surface area (Å²) in [5.41, 5.74) is 3.12. The van der Waals surface area contributed by atoms with E-state index in [-0.39, 0.29) is 5.54 Å². The molecule has 0 unspecified atom stereocenters. The molecule has 17 heavy (non-hydrogen) atoms. The molecule has 0 radical (unpaired) electrons. The third kappa shape index (κ3) is 3.08. The first kappa shape index (κ1) is 12.6. The normalized spacial score (nSPS) is 20.4. The Morgan fingerprint density at radius 2 is 1.82 bits per heavy atom. The molecule has 0 atom stereocenters. The Kier molecular flexibility index (Phi) is 3.85. The van der Waals surface area contributed by atoms with Crippen molar-refractivity contribution in [2.24, 2.45) is 0 Å². The van der Waals surface area contributed by atoms with E-state index < -0.39 is 0 Å². The molecule has 1 aromatic carbocycles. The highest BCUT2D eigenvalue weighted by Gasteiger charge is 2.29. The number of hydrogen-bond donors (Lipinski definition) is 1. The van der Waals surface area contributed by atoms with Crippen molar-refractivity contribution in [3.05, 3.63) is 35.4 Å². The summed E-state index contributed by atoms with van der Waals surface area (Å²) < 4.78 is 0. The predicted octanol–water partition coefficient (Wildman–Crippen LogP) is 2.43. The fraction of sp³-hybridized carbons (Fsp3) is 0.600. The Bertz CT molecular complexity index is 354. The molecule has 1 aliphatic rings. The Morgan fingerprint density at radius 1 is 1.18 bits per heavy atom. The standard InChI is InChI=1S/C15H24N2/c1-4-13-5-7-14(8-6-13)11-17-10-9-16-12-15(17,2)3/h5-8,16H,4,9-12H2,1-3H3. The molecule has 2 heteroatoms. The summed E-state index contributed by atoms with van der Waals surface area (Å²) in [6, 6.07) is 9.06. The molecule has 1 saturated heterocycles. The van der Waals surface area contributed by atoms with Crippen molar-refractivity contribution in [2.45, 2.75) is 39.3 Å². The molecular weight excluding hydrogens is 208 g/mol. The Balaban J connectivity index is 2.03. The summed E-state index contributed by atoms with van der Waals surface area (Å²) in [7, 11) is 0. The molecule has 0 aromatic heterocycles. The third-order valence-electron chi connectivity index (χ3n) is 3.78. The summed E-state index contributed by atoms with van der Waals surface area (Å²) in [6.07, 6.45) is 1.12. The lowest BCUT2D eigenvalue weighted by Crippen LogP contribution is -2.57. The summed E-state index contributed by atoms with van der Waals surface area (Å²) in [5.74, 6) is 0. The molecule has 2 nitrogen and oxygen atoms in total. The average molecular weight is 232 g/mol. The summed E-state index contributed by atoms with van der Waals surface area (Å²) in [4.78, 5) is 2.57. The van der Waals surface area contributed by atoms with E-state index >= 15 is 0 Å². The first-order valence-corrected chi connectivity index (χ1v) is 6.65. The zero-order valence-corrected chi connectivity index (χ0v) is 11.3. The van der Waals surface area contributed by atoms with Gasteiger partial charge in [-0.15, -0.1) is 0 Å². The zero-order valence-electron chi connectivity index (χ0n) is 11.3. The van der Waals surface area contributed by atoms with Crippen LogP contribution in [0.3, 0.4) is 0 Å². The number of piperazine rings is 1. The van der Waals surface area contributed by atoms with Crippen molar-refractivity contribution in [1.82, 2.24) is 10.2 Å². The molecule has 1 heterocycles. The Hall–Kier alpha value is -0.860. The highest BCUT2D eigenvalue weighted by atomic mass is 15.2. The van der Waals surface area contributed by atoms with Gasteiger partial charge in [0.1, 0.15) is 0 Å². The van der Waals surface area contributed by atoms with Gasteiger partial charge >= 0.3 is 0 Å². The second kappa shape index (κ2) is 5.19. The van der Waals surface area contributed by atoms with Gasteiger partial charge in [-0.3, -0.25) is 4.90 Å². The molecule has 2 rings (SSSR count). The van der Waals surface area contributed by atoms with E-state index in [2.05, 4.69) is 55.3 Å². The molecule has 1 fully saturated rings. The minimum atomic E-state index is 0.266. The van der Waals surface area contributed by atoms with Gasteiger partial charge in [-0.05, 0) is 31.4 Å². The minimum Gasteiger partial charge on any atom is -0.314 e. The minimum absolute atomic E-state index is 0.266. The lowest BCUT2D eigenvalue weighted by molar-refractivity contribution is 0.0827. The number of rotatable bonds is 3. The van der Waals surface area contributed by atoms with Crippen molar-refractivity contribution in [2.75, 3.05) is 19.6 Å². The summed E-state index contributed by atoms with van der Waals surface area (Å²) in [6.45, 7) is 11.2. The van der Waals surface area contributed by atoms with Crippen LogP contribution in [0.1, 0.15) is 31.9 Å². The van der Waals surface area contributed by atoms with Crippen LogP contribution in [0.2, 0.25) is 0 Å². The average Bonchev–Trinajstić information content (AvgIpc) is 2.33. The molecule has 1 N–H and O–H groups in total. The van der Waals surface area contributed by atoms with E-state index in [9.17, 15) is 0 Å². The monoisotopic (exact) mass is 232 g/mol. The SMILES string of the molecule is CCc1ccc(CN2CCNCC2(C)C)cc1. The molecule has 94 valence electrons. The number of hydrogen-bond acceptors (Lipinski definition) is 2. The van der Waals surface area contributed by atoms with Crippen LogP contribution >= 0.6 is 0 Å². The van der Waals surface area contributed by atoms with Crippen molar-refractivity contribution >= 4 is 0 Å². The fourth-order valence-corrected chi connectivity index (χ4v) is 2.42. The largest absolute Gasteiger partial charge is 0.314 e. The molecular formula is C15H24N2. The molecule has 1 aromatic rings. The van der Waals surface area contributed by atoms with Crippen molar-refractivity contribution in [3.63, 3.8) is 0 Å². The maximum absolute atomic E-state index is 3.47. The van der Waals surface area contributed by atoms with Crippen LogP contribution in [-0.2, 0) is 13.0 Å². The van der Waals surface area contributed by atoms with Crippen LogP contribution in [-0.4, -0.2) is 30.1 Å². The second-order valence-electron chi connectivity index (χ2n) is 5.58. The zero-order chi connectivity index (χ0) is 12.3. The van der Waals surface area contributed by atoms with E-state index in [1.54, 1.807) is 0 Å². The van der Waals surface area contributed by atoms with E-state index in [4.69, 9.17) is 0 Å². The summed E-state index contributed by atoms with van der Waals surface area (Å²) >= 11 is 0. The van der Waals surface area contributed by atoms with Gasteiger partial charge in [0.2, 0.25) is 0 Å². The lowest BCUT2D eigenvalue weighted by atomic mass is 9.99. The molecule has 1 aliphatic heterocycles. The number of nitrogens with zero attached hydrogens (tertiary/aromatic N) is 1. The van der Waals surface area contributed by atoms with E-state index in [0.717, 1.165) is 32.6 Å². The van der Waals surface area contributed by atoms with Gasteiger partial charge in [-0.1, -0.05) is 31.2 Å². The van der Waals surface area contributed by atoms with Gasteiger partial charge in [-0.2, -0.15) is 0 Å². The van der Waals surface area contributed by atoms with Crippen molar-refractivity contribution in [3.8, 4) is 0 Å². The van der Waals surface area contributed by atoms with Crippen LogP contribution in [0, 0.1) is 0 Å². The summed E-state index contributed by atoms with van der Waals surface area (Å²) in [5, 5.41) is 3.47. The van der Waals surface area contributed by atoms with Crippen LogP contribution in [0.5, 0.6) is 0 Å². The maximum Gasteiger partial charge on any atom is 0.0281 e. The lowest BCUT2D eigenvalue weighted by Gasteiger charge is -2.42. The molecule has 0 saturated carbocycles. The number of nitrogens with one attached hydrogen (secondary N) is 1. The topological polar surface area (TPSA) is 15.3 Å². The Labute approximate surface area is 105 Å². The van der Waals surface area contributed by atoms with Crippen LogP contribution in [0.15, 0.2) is 24.3 Å². The number of benzene rings is 1. The smallest absolute Gasteiger partial charge is 0.0281 e. The third-order valence-corrected chi connectivity index (χ3v) is 3.78. The van der Waals surface area contributed by atoms with Crippen molar-refractivity contribution in [1.29, 1.82) is 0 Å². The van der Waals surface area contributed by atoms with Crippen molar-refractivity contribution < 1.29 is 0 Å². The second-order valence-corrected chi connectivity index (χ2v) is 5.58. The first-order chi connectivity index (χ1) is 8.12. The molecule has 0 spiro atoms. The molecule has 0 aliphatic carbocycles.